The van der Waals surface area contributed by atoms with Crippen LogP contribution in [0, 0.1) is 5.92 Å². The van der Waals surface area contributed by atoms with Crippen molar-refractivity contribution in [2.45, 2.75) is 32.7 Å². The van der Waals surface area contributed by atoms with Gasteiger partial charge in [-0.05, 0) is 25.8 Å². The molecule has 0 saturated carbocycles. The summed E-state index contributed by atoms with van der Waals surface area (Å²) in [5, 5.41) is 3.30. The zero-order valence-electron chi connectivity index (χ0n) is 7.15. The van der Waals surface area contributed by atoms with E-state index >= 15 is 0 Å². The third kappa shape index (κ3) is 5.47. The molecule has 0 aromatic rings. The number of halogens is 1. The molecule has 0 heterocycles. The molecule has 1 nitrogen and oxygen atoms in total. The van der Waals surface area contributed by atoms with Crippen LogP contribution in [0.3, 0.4) is 0 Å². The molecule has 1 unspecified atom stereocenters. The Morgan fingerprint density at radius 1 is 1.30 bits per heavy atom. The first-order chi connectivity index (χ1) is 4.70. The maximum Gasteiger partial charge on any atom is 0.0154 e. The van der Waals surface area contributed by atoms with Crippen molar-refractivity contribution in [2.75, 3.05) is 11.5 Å². The minimum atomic E-state index is 0.725. The summed E-state index contributed by atoms with van der Waals surface area (Å²) in [7, 11) is 2.05. The van der Waals surface area contributed by atoms with E-state index in [1.54, 1.807) is 0 Å². The van der Waals surface area contributed by atoms with Gasteiger partial charge in [-0.3, -0.25) is 0 Å². The molecule has 0 aromatic carbocycles. The summed E-state index contributed by atoms with van der Waals surface area (Å²) < 4.78 is 1.22. The largest absolute Gasteiger partial charge is 0.316 e. The minimum absolute atomic E-state index is 0.725. The highest BCUT2D eigenvalue weighted by Gasteiger charge is 2.03. The van der Waals surface area contributed by atoms with Gasteiger partial charge >= 0.3 is 0 Å². The standard InChI is InChI=1S/C8H18IN/c1-7(2)4-5-8(6-9)10-3/h7-8,10H,4-6H2,1-3H3. The molecule has 0 aliphatic rings. The average Bonchev–Trinajstić information content (AvgIpc) is 1.90. The predicted octanol–water partition coefficient (Wildman–Crippen LogP) is 2.45. The van der Waals surface area contributed by atoms with E-state index in [-0.39, 0.29) is 0 Å². The fraction of sp³-hybridized carbons (Fsp3) is 1.00. The van der Waals surface area contributed by atoms with Crippen LogP contribution in [0.4, 0.5) is 0 Å². The fourth-order valence-electron chi connectivity index (χ4n) is 0.833. The Morgan fingerprint density at radius 2 is 1.90 bits per heavy atom. The van der Waals surface area contributed by atoms with Crippen molar-refractivity contribution in [3.8, 4) is 0 Å². The van der Waals surface area contributed by atoms with Crippen molar-refractivity contribution < 1.29 is 0 Å². The maximum absolute atomic E-state index is 3.30. The van der Waals surface area contributed by atoms with Crippen LogP contribution in [-0.2, 0) is 0 Å². The van der Waals surface area contributed by atoms with Crippen LogP contribution in [0.1, 0.15) is 26.7 Å². The van der Waals surface area contributed by atoms with Crippen molar-refractivity contribution in [1.29, 1.82) is 0 Å². The second kappa shape index (κ2) is 6.40. The van der Waals surface area contributed by atoms with Gasteiger partial charge in [-0.25, -0.2) is 0 Å². The van der Waals surface area contributed by atoms with Gasteiger partial charge in [-0.2, -0.15) is 0 Å². The quantitative estimate of drug-likeness (QED) is 0.587. The normalized spacial score (nSPS) is 14.1. The topological polar surface area (TPSA) is 12.0 Å². The molecule has 2 heteroatoms. The third-order valence-electron chi connectivity index (χ3n) is 1.69. The molecule has 0 aromatic heterocycles. The first-order valence-electron chi connectivity index (χ1n) is 3.94. The van der Waals surface area contributed by atoms with E-state index in [4.69, 9.17) is 0 Å². The molecule has 0 aliphatic heterocycles. The molecule has 0 radical (unpaired) electrons. The highest BCUT2D eigenvalue weighted by Crippen LogP contribution is 2.07. The van der Waals surface area contributed by atoms with Gasteiger partial charge in [0.15, 0.2) is 0 Å². The zero-order chi connectivity index (χ0) is 7.98. The zero-order valence-corrected chi connectivity index (χ0v) is 9.31. The Labute approximate surface area is 78.1 Å². The SMILES string of the molecule is CNC(CI)CCC(C)C. The van der Waals surface area contributed by atoms with Gasteiger partial charge in [0.1, 0.15) is 0 Å². The van der Waals surface area contributed by atoms with Crippen LogP contribution >= 0.6 is 22.6 Å². The van der Waals surface area contributed by atoms with E-state index in [2.05, 4.69) is 41.8 Å². The van der Waals surface area contributed by atoms with Crippen molar-refractivity contribution in [3.05, 3.63) is 0 Å². The number of hydrogen-bond acceptors (Lipinski definition) is 1. The average molecular weight is 255 g/mol. The molecular weight excluding hydrogens is 237 g/mol. The van der Waals surface area contributed by atoms with Gasteiger partial charge in [0.05, 0.1) is 0 Å². The van der Waals surface area contributed by atoms with Gasteiger partial charge in [0.25, 0.3) is 0 Å². The summed E-state index contributed by atoms with van der Waals surface area (Å²) in [5.74, 6) is 0.846. The van der Waals surface area contributed by atoms with Crippen LogP contribution in [0.2, 0.25) is 0 Å². The van der Waals surface area contributed by atoms with Gasteiger partial charge in [0, 0.05) is 10.5 Å². The third-order valence-corrected chi connectivity index (χ3v) is 2.75. The summed E-state index contributed by atoms with van der Waals surface area (Å²) >= 11 is 2.43. The van der Waals surface area contributed by atoms with E-state index in [0.29, 0.717) is 0 Å². The Bertz CT molecular complexity index is 69.7. The summed E-state index contributed by atoms with van der Waals surface area (Å²) in [5.41, 5.74) is 0. The van der Waals surface area contributed by atoms with Crippen LogP contribution < -0.4 is 5.32 Å². The molecule has 0 fully saturated rings. The van der Waals surface area contributed by atoms with Crippen LogP contribution in [-0.4, -0.2) is 17.5 Å². The summed E-state index contributed by atoms with van der Waals surface area (Å²) in [6.45, 7) is 4.56. The van der Waals surface area contributed by atoms with Gasteiger partial charge in [-0.1, -0.05) is 36.4 Å². The highest BCUT2D eigenvalue weighted by atomic mass is 127. The maximum atomic E-state index is 3.30. The van der Waals surface area contributed by atoms with E-state index in [0.717, 1.165) is 12.0 Å². The lowest BCUT2D eigenvalue weighted by Crippen LogP contribution is -2.26. The number of nitrogens with one attached hydrogen (secondary N) is 1. The van der Waals surface area contributed by atoms with E-state index < -0.39 is 0 Å². The Kier molecular flexibility index (Phi) is 6.85. The molecule has 0 aliphatic carbocycles. The van der Waals surface area contributed by atoms with Gasteiger partial charge in [-0.15, -0.1) is 0 Å². The Hall–Kier alpha value is 0.690. The molecule has 1 atom stereocenters. The van der Waals surface area contributed by atoms with Crippen LogP contribution in [0.5, 0.6) is 0 Å². The number of rotatable bonds is 5. The van der Waals surface area contributed by atoms with Crippen molar-refractivity contribution >= 4 is 22.6 Å². The molecule has 1 N–H and O–H groups in total. The van der Waals surface area contributed by atoms with Crippen molar-refractivity contribution in [2.24, 2.45) is 5.92 Å². The van der Waals surface area contributed by atoms with Crippen LogP contribution in [0.25, 0.3) is 0 Å². The molecule has 10 heavy (non-hydrogen) atoms. The second-order valence-electron chi connectivity index (χ2n) is 3.11. The van der Waals surface area contributed by atoms with E-state index in [9.17, 15) is 0 Å². The highest BCUT2D eigenvalue weighted by molar-refractivity contribution is 14.1. The lowest BCUT2D eigenvalue weighted by Gasteiger charge is -2.13. The predicted molar refractivity (Wildman–Crippen MR) is 55.8 cm³/mol. The summed E-state index contributed by atoms with van der Waals surface area (Å²) in [4.78, 5) is 0. The molecule has 0 saturated heterocycles. The molecule has 62 valence electrons. The van der Waals surface area contributed by atoms with E-state index in [1.165, 1.54) is 17.3 Å². The van der Waals surface area contributed by atoms with Gasteiger partial charge < -0.3 is 5.32 Å². The Morgan fingerprint density at radius 3 is 2.20 bits per heavy atom. The molecule has 0 spiro atoms. The second-order valence-corrected chi connectivity index (χ2v) is 3.99. The number of hydrogen-bond donors (Lipinski definition) is 1. The lowest BCUT2D eigenvalue weighted by molar-refractivity contribution is 0.482. The van der Waals surface area contributed by atoms with E-state index in [1.807, 2.05) is 7.05 Å². The molecular formula is C8H18IN. The number of alkyl halides is 1. The van der Waals surface area contributed by atoms with Crippen molar-refractivity contribution in [1.82, 2.24) is 5.32 Å². The van der Waals surface area contributed by atoms with Gasteiger partial charge in [0.2, 0.25) is 0 Å². The van der Waals surface area contributed by atoms with Crippen LogP contribution in [0.15, 0.2) is 0 Å². The summed E-state index contributed by atoms with van der Waals surface area (Å²) in [6, 6.07) is 0.725. The minimum Gasteiger partial charge on any atom is -0.316 e. The first-order valence-corrected chi connectivity index (χ1v) is 5.46. The smallest absolute Gasteiger partial charge is 0.0154 e. The lowest BCUT2D eigenvalue weighted by atomic mass is 10.0. The Balaban J connectivity index is 3.26. The molecule has 0 rings (SSSR count). The molecule has 0 bridgehead atoms. The monoisotopic (exact) mass is 255 g/mol. The fourth-order valence-corrected chi connectivity index (χ4v) is 1.71. The van der Waals surface area contributed by atoms with Crippen molar-refractivity contribution in [3.63, 3.8) is 0 Å². The summed E-state index contributed by atoms with van der Waals surface area (Å²) in [6.07, 6.45) is 2.66. The first kappa shape index (κ1) is 10.7. The molecule has 0 amide bonds.